The molecule has 2 rings (SSSR count). The van der Waals surface area contributed by atoms with Crippen molar-refractivity contribution in [3.05, 3.63) is 23.4 Å². The van der Waals surface area contributed by atoms with E-state index in [0.717, 1.165) is 18.4 Å². The molecule has 0 aliphatic heterocycles. The van der Waals surface area contributed by atoms with Crippen LogP contribution in [0.4, 0.5) is 0 Å². The zero-order valence-electron chi connectivity index (χ0n) is 10.2. The third-order valence-corrected chi connectivity index (χ3v) is 3.09. The second-order valence-corrected chi connectivity index (χ2v) is 4.32. The Morgan fingerprint density at radius 3 is 2.76 bits per heavy atom. The Labute approximate surface area is 101 Å². The monoisotopic (exact) mass is 235 g/mol. The van der Waals surface area contributed by atoms with E-state index in [9.17, 15) is 4.79 Å². The molecule has 0 atom stereocenters. The van der Waals surface area contributed by atoms with Crippen LogP contribution in [0.1, 0.15) is 41.6 Å². The minimum atomic E-state index is -0.386. The minimum absolute atomic E-state index is 0.188. The van der Waals surface area contributed by atoms with Crippen LogP contribution in [-0.2, 0) is 4.74 Å². The van der Waals surface area contributed by atoms with Gasteiger partial charge < -0.3 is 9.47 Å². The number of methoxy groups -OCH3 is 1. The van der Waals surface area contributed by atoms with E-state index in [1.165, 1.54) is 20.0 Å². The molecule has 0 saturated heterocycles. The Hall–Kier alpha value is -1.58. The van der Waals surface area contributed by atoms with Gasteiger partial charge in [0, 0.05) is 6.20 Å². The molecule has 4 heteroatoms. The zero-order valence-corrected chi connectivity index (χ0v) is 10.2. The van der Waals surface area contributed by atoms with E-state index >= 15 is 0 Å². The molecule has 1 aliphatic carbocycles. The van der Waals surface area contributed by atoms with Gasteiger partial charge in [0.15, 0.2) is 0 Å². The molecule has 1 saturated carbocycles. The molecule has 1 aromatic heterocycles. The molecule has 0 amide bonds. The first kappa shape index (κ1) is 11.9. The average Bonchev–Trinajstić information content (AvgIpc) is 2.81. The maximum absolute atomic E-state index is 11.7. The highest BCUT2D eigenvalue weighted by Gasteiger charge is 2.22. The van der Waals surface area contributed by atoms with E-state index in [4.69, 9.17) is 9.47 Å². The number of hydrogen-bond acceptors (Lipinski definition) is 4. The fraction of sp³-hybridized carbons (Fsp3) is 0.538. The molecule has 0 spiro atoms. The van der Waals surface area contributed by atoms with Crippen molar-refractivity contribution in [3.8, 4) is 5.88 Å². The van der Waals surface area contributed by atoms with Gasteiger partial charge in [-0.2, -0.15) is 0 Å². The molecular weight excluding hydrogens is 218 g/mol. The Bertz CT molecular complexity index is 411. The lowest BCUT2D eigenvalue weighted by molar-refractivity contribution is 0.0590. The van der Waals surface area contributed by atoms with Gasteiger partial charge in [0.05, 0.1) is 7.11 Å². The van der Waals surface area contributed by atoms with Crippen molar-refractivity contribution in [2.24, 2.45) is 0 Å². The number of carbonyl (C=O) groups is 1. The second kappa shape index (κ2) is 5.17. The van der Waals surface area contributed by atoms with E-state index in [0.29, 0.717) is 11.4 Å². The lowest BCUT2D eigenvalue weighted by Crippen LogP contribution is -2.16. The van der Waals surface area contributed by atoms with Crippen molar-refractivity contribution in [1.29, 1.82) is 0 Å². The van der Waals surface area contributed by atoms with Crippen LogP contribution in [0.3, 0.4) is 0 Å². The van der Waals surface area contributed by atoms with Crippen molar-refractivity contribution in [1.82, 2.24) is 4.98 Å². The predicted molar refractivity (Wildman–Crippen MR) is 63.2 cm³/mol. The van der Waals surface area contributed by atoms with E-state index < -0.39 is 0 Å². The molecule has 0 bridgehead atoms. The van der Waals surface area contributed by atoms with Crippen LogP contribution in [0.5, 0.6) is 5.88 Å². The van der Waals surface area contributed by atoms with Crippen LogP contribution in [0.2, 0.25) is 0 Å². The van der Waals surface area contributed by atoms with E-state index in [2.05, 4.69) is 4.98 Å². The molecule has 17 heavy (non-hydrogen) atoms. The van der Waals surface area contributed by atoms with Crippen LogP contribution in [0, 0.1) is 6.92 Å². The smallest absolute Gasteiger partial charge is 0.343 e. The molecule has 92 valence electrons. The number of aryl methyl sites for hydroxylation is 1. The SMILES string of the molecule is COC(=O)c1c(C)ccnc1OC1CCCC1. The normalized spacial score (nSPS) is 15.9. The van der Waals surface area contributed by atoms with Crippen LogP contribution >= 0.6 is 0 Å². The molecule has 1 fully saturated rings. The quantitative estimate of drug-likeness (QED) is 0.755. The van der Waals surface area contributed by atoms with Crippen molar-refractivity contribution < 1.29 is 14.3 Å². The van der Waals surface area contributed by atoms with Gasteiger partial charge in [0.25, 0.3) is 0 Å². The van der Waals surface area contributed by atoms with Crippen molar-refractivity contribution in [3.63, 3.8) is 0 Å². The van der Waals surface area contributed by atoms with Crippen molar-refractivity contribution in [2.45, 2.75) is 38.7 Å². The maximum Gasteiger partial charge on any atom is 0.343 e. The number of pyridine rings is 1. The summed E-state index contributed by atoms with van der Waals surface area (Å²) in [4.78, 5) is 15.8. The number of nitrogens with zero attached hydrogens (tertiary/aromatic N) is 1. The number of esters is 1. The molecule has 0 radical (unpaired) electrons. The third-order valence-electron chi connectivity index (χ3n) is 3.09. The molecule has 0 N–H and O–H groups in total. The first-order chi connectivity index (χ1) is 8.22. The minimum Gasteiger partial charge on any atom is -0.474 e. The van der Waals surface area contributed by atoms with Crippen LogP contribution in [0.25, 0.3) is 0 Å². The van der Waals surface area contributed by atoms with E-state index in [1.54, 1.807) is 12.3 Å². The Morgan fingerprint density at radius 2 is 2.12 bits per heavy atom. The standard InChI is InChI=1S/C13H17NO3/c1-9-7-8-14-12(11(9)13(15)16-2)17-10-5-3-4-6-10/h7-8,10H,3-6H2,1-2H3. The number of aromatic nitrogens is 1. The van der Waals surface area contributed by atoms with Crippen LogP contribution in [0.15, 0.2) is 12.3 Å². The van der Waals surface area contributed by atoms with E-state index in [-0.39, 0.29) is 12.1 Å². The summed E-state index contributed by atoms with van der Waals surface area (Å²) in [5.74, 6) is 0.0207. The summed E-state index contributed by atoms with van der Waals surface area (Å²) in [6.07, 6.45) is 6.29. The number of hydrogen-bond donors (Lipinski definition) is 0. The summed E-state index contributed by atoms with van der Waals surface area (Å²) in [6.45, 7) is 1.86. The summed E-state index contributed by atoms with van der Waals surface area (Å²) in [6, 6.07) is 1.79. The van der Waals surface area contributed by atoms with Gasteiger partial charge in [-0.15, -0.1) is 0 Å². The van der Waals surface area contributed by atoms with Crippen LogP contribution < -0.4 is 4.74 Å². The van der Waals surface area contributed by atoms with Crippen molar-refractivity contribution >= 4 is 5.97 Å². The zero-order chi connectivity index (χ0) is 12.3. The largest absolute Gasteiger partial charge is 0.474 e. The first-order valence-electron chi connectivity index (χ1n) is 5.93. The van der Waals surface area contributed by atoms with Gasteiger partial charge in [-0.1, -0.05) is 0 Å². The highest BCUT2D eigenvalue weighted by atomic mass is 16.5. The molecular formula is C13H17NO3. The summed E-state index contributed by atoms with van der Waals surface area (Å²) < 4.78 is 10.6. The fourth-order valence-electron chi connectivity index (χ4n) is 2.14. The van der Waals surface area contributed by atoms with Crippen LogP contribution in [-0.4, -0.2) is 24.2 Å². The molecule has 0 aromatic carbocycles. The van der Waals surface area contributed by atoms with Crippen molar-refractivity contribution in [2.75, 3.05) is 7.11 Å². The van der Waals surface area contributed by atoms with Gasteiger partial charge in [-0.25, -0.2) is 9.78 Å². The van der Waals surface area contributed by atoms with Gasteiger partial charge in [0.1, 0.15) is 11.7 Å². The van der Waals surface area contributed by atoms with E-state index in [1.807, 2.05) is 6.92 Å². The molecule has 1 aromatic rings. The Morgan fingerprint density at radius 1 is 1.41 bits per heavy atom. The first-order valence-corrected chi connectivity index (χ1v) is 5.93. The lowest BCUT2D eigenvalue weighted by atomic mass is 10.1. The van der Waals surface area contributed by atoms with Gasteiger partial charge in [0.2, 0.25) is 5.88 Å². The molecule has 1 aliphatic rings. The molecule has 1 heterocycles. The lowest BCUT2D eigenvalue weighted by Gasteiger charge is -2.15. The third kappa shape index (κ3) is 2.57. The summed E-state index contributed by atoms with van der Waals surface area (Å²) in [5, 5.41) is 0. The van der Waals surface area contributed by atoms with Gasteiger partial charge in [-0.3, -0.25) is 0 Å². The summed E-state index contributed by atoms with van der Waals surface area (Å²) in [7, 11) is 1.37. The number of ether oxygens (including phenoxy) is 2. The molecule has 4 nitrogen and oxygen atoms in total. The van der Waals surface area contributed by atoms with Gasteiger partial charge in [-0.05, 0) is 44.2 Å². The fourth-order valence-corrected chi connectivity index (χ4v) is 2.14. The topological polar surface area (TPSA) is 48.4 Å². The Kier molecular flexibility index (Phi) is 3.61. The predicted octanol–water partition coefficient (Wildman–Crippen LogP) is 2.50. The Balaban J connectivity index is 2.25. The highest BCUT2D eigenvalue weighted by molar-refractivity contribution is 5.93. The maximum atomic E-state index is 11.7. The second-order valence-electron chi connectivity index (χ2n) is 4.32. The summed E-state index contributed by atoms with van der Waals surface area (Å²) in [5.41, 5.74) is 1.28. The highest BCUT2D eigenvalue weighted by Crippen LogP contribution is 2.26. The number of carbonyl (C=O) groups excluding carboxylic acids is 1. The summed E-state index contributed by atoms with van der Waals surface area (Å²) >= 11 is 0. The van der Waals surface area contributed by atoms with Gasteiger partial charge >= 0.3 is 5.97 Å². The number of rotatable bonds is 3. The molecule has 0 unspecified atom stereocenters. The average molecular weight is 235 g/mol.